The number of rotatable bonds is 4. The van der Waals surface area contributed by atoms with Crippen molar-refractivity contribution < 1.29 is 8.42 Å². The summed E-state index contributed by atoms with van der Waals surface area (Å²) in [6, 6.07) is 8.92. The molecule has 0 N–H and O–H groups in total. The van der Waals surface area contributed by atoms with Gasteiger partial charge in [0.1, 0.15) is 0 Å². The molecule has 4 nitrogen and oxygen atoms in total. The first-order chi connectivity index (χ1) is 11.6. The summed E-state index contributed by atoms with van der Waals surface area (Å²) in [5.41, 5.74) is 1.96. The van der Waals surface area contributed by atoms with Crippen molar-refractivity contribution >= 4 is 33.3 Å². The molecule has 0 saturated carbocycles. The summed E-state index contributed by atoms with van der Waals surface area (Å²) in [4.78, 5) is 5.92. The van der Waals surface area contributed by atoms with Crippen LogP contribution in [0.15, 0.2) is 45.6 Å². The molecular weight excluding hydrogens is 340 g/mol. The van der Waals surface area contributed by atoms with Crippen LogP contribution in [-0.2, 0) is 10.0 Å². The van der Waals surface area contributed by atoms with E-state index >= 15 is 0 Å². The standard InChI is InChI=1S/C18H22N2O2S2/c1-15-10-13-23-18(15)14-19-16-6-8-17(9-7-16)24(21,22)20-11-4-2-3-5-12-20/h6-10,13-14H,2-5,11-12H2,1H3. The van der Waals surface area contributed by atoms with Crippen LogP contribution in [-0.4, -0.2) is 32.0 Å². The molecule has 128 valence electrons. The maximum atomic E-state index is 12.7. The van der Waals surface area contributed by atoms with Gasteiger partial charge in [-0.3, -0.25) is 4.99 Å². The number of benzene rings is 1. The van der Waals surface area contributed by atoms with Crippen molar-refractivity contribution in [3.8, 4) is 0 Å². The molecule has 2 aromatic rings. The molecule has 0 aliphatic carbocycles. The fourth-order valence-corrected chi connectivity index (χ4v) is 5.09. The molecule has 1 fully saturated rings. The predicted molar refractivity (Wildman–Crippen MR) is 100.0 cm³/mol. The topological polar surface area (TPSA) is 49.7 Å². The lowest BCUT2D eigenvalue weighted by atomic mass is 10.2. The van der Waals surface area contributed by atoms with Crippen LogP contribution in [0.4, 0.5) is 5.69 Å². The molecular formula is C18H22N2O2S2. The maximum absolute atomic E-state index is 12.7. The zero-order chi connectivity index (χ0) is 17.0. The molecule has 0 radical (unpaired) electrons. The third-order valence-corrected chi connectivity index (χ3v) is 7.14. The first-order valence-corrected chi connectivity index (χ1v) is 10.6. The van der Waals surface area contributed by atoms with Gasteiger partial charge in [0.15, 0.2) is 0 Å². The van der Waals surface area contributed by atoms with Crippen LogP contribution in [0.2, 0.25) is 0 Å². The Labute approximate surface area is 147 Å². The molecule has 0 atom stereocenters. The summed E-state index contributed by atoms with van der Waals surface area (Å²) < 4.78 is 27.1. The number of aryl methyl sites for hydroxylation is 1. The molecule has 24 heavy (non-hydrogen) atoms. The third-order valence-electron chi connectivity index (χ3n) is 4.27. The Hall–Kier alpha value is -1.50. The molecule has 1 saturated heterocycles. The van der Waals surface area contributed by atoms with Gasteiger partial charge in [0, 0.05) is 24.2 Å². The van der Waals surface area contributed by atoms with Gasteiger partial charge in [-0.25, -0.2) is 8.42 Å². The smallest absolute Gasteiger partial charge is 0.243 e. The third kappa shape index (κ3) is 3.94. The van der Waals surface area contributed by atoms with Gasteiger partial charge in [-0.15, -0.1) is 11.3 Å². The second-order valence-electron chi connectivity index (χ2n) is 6.04. The summed E-state index contributed by atoms with van der Waals surface area (Å²) in [6.45, 7) is 3.30. The van der Waals surface area contributed by atoms with E-state index in [1.807, 2.05) is 11.6 Å². The van der Waals surface area contributed by atoms with Crippen LogP contribution in [0.5, 0.6) is 0 Å². The van der Waals surface area contributed by atoms with Gasteiger partial charge in [-0.2, -0.15) is 4.31 Å². The van der Waals surface area contributed by atoms with E-state index in [4.69, 9.17) is 0 Å². The molecule has 2 heterocycles. The number of thiophene rings is 1. The monoisotopic (exact) mass is 362 g/mol. The second kappa shape index (κ2) is 7.59. The number of hydrogen-bond donors (Lipinski definition) is 0. The van der Waals surface area contributed by atoms with Crippen molar-refractivity contribution in [1.82, 2.24) is 4.31 Å². The summed E-state index contributed by atoms with van der Waals surface area (Å²) in [7, 11) is -3.38. The highest BCUT2D eigenvalue weighted by Gasteiger charge is 2.24. The average molecular weight is 363 g/mol. The predicted octanol–water partition coefficient (Wildman–Crippen LogP) is 4.37. The second-order valence-corrected chi connectivity index (χ2v) is 8.92. The minimum Gasteiger partial charge on any atom is -0.255 e. The Morgan fingerprint density at radius 2 is 1.71 bits per heavy atom. The quantitative estimate of drug-likeness (QED) is 0.758. The molecule has 1 aromatic carbocycles. The van der Waals surface area contributed by atoms with Gasteiger partial charge in [0.2, 0.25) is 10.0 Å². The molecule has 6 heteroatoms. The lowest BCUT2D eigenvalue weighted by Gasteiger charge is -2.19. The number of aliphatic imine (C=N–C) groups is 1. The first kappa shape index (κ1) is 17.3. The first-order valence-electron chi connectivity index (χ1n) is 8.26. The van der Waals surface area contributed by atoms with Crippen molar-refractivity contribution in [2.24, 2.45) is 4.99 Å². The Bertz CT molecular complexity index is 800. The highest BCUT2D eigenvalue weighted by atomic mass is 32.2. The van der Waals surface area contributed by atoms with Gasteiger partial charge in [0.25, 0.3) is 0 Å². The van der Waals surface area contributed by atoms with Crippen LogP contribution in [0.1, 0.15) is 36.1 Å². The number of nitrogens with zero attached hydrogens (tertiary/aromatic N) is 2. The Kier molecular flexibility index (Phi) is 5.48. The van der Waals surface area contributed by atoms with E-state index in [0.29, 0.717) is 18.0 Å². The Morgan fingerprint density at radius 3 is 2.29 bits per heavy atom. The normalized spacial score (nSPS) is 17.2. The van der Waals surface area contributed by atoms with Crippen molar-refractivity contribution in [3.63, 3.8) is 0 Å². The highest BCUT2D eigenvalue weighted by molar-refractivity contribution is 7.89. The van der Waals surface area contributed by atoms with E-state index in [2.05, 4.69) is 18.0 Å². The van der Waals surface area contributed by atoms with Crippen LogP contribution >= 0.6 is 11.3 Å². The van der Waals surface area contributed by atoms with E-state index in [9.17, 15) is 8.42 Å². The minimum atomic E-state index is -3.38. The van der Waals surface area contributed by atoms with Crippen LogP contribution in [0.25, 0.3) is 0 Å². The van der Waals surface area contributed by atoms with E-state index in [1.165, 1.54) is 5.56 Å². The SMILES string of the molecule is Cc1ccsc1C=Nc1ccc(S(=O)(=O)N2CCCCCC2)cc1. The zero-order valence-electron chi connectivity index (χ0n) is 13.8. The Balaban J connectivity index is 1.76. The van der Waals surface area contributed by atoms with Gasteiger partial charge in [-0.05, 0) is 61.0 Å². The molecule has 0 spiro atoms. The molecule has 0 amide bonds. The Morgan fingerprint density at radius 1 is 1.04 bits per heavy atom. The summed E-state index contributed by atoms with van der Waals surface area (Å²) in [5.74, 6) is 0. The van der Waals surface area contributed by atoms with Crippen molar-refractivity contribution in [2.75, 3.05) is 13.1 Å². The highest BCUT2D eigenvalue weighted by Crippen LogP contribution is 2.23. The average Bonchev–Trinajstić information content (AvgIpc) is 2.83. The van der Waals surface area contributed by atoms with Crippen LogP contribution < -0.4 is 0 Å². The van der Waals surface area contributed by atoms with Crippen molar-refractivity contribution in [2.45, 2.75) is 37.5 Å². The molecule has 1 aromatic heterocycles. The van der Waals surface area contributed by atoms with Gasteiger partial charge in [-0.1, -0.05) is 12.8 Å². The lowest BCUT2D eigenvalue weighted by molar-refractivity contribution is 0.424. The van der Waals surface area contributed by atoms with E-state index in [0.717, 1.165) is 36.2 Å². The zero-order valence-corrected chi connectivity index (χ0v) is 15.4. The summed E-state index contributed by atoms with van der Waals surface area (Å²) in [5, 5.41) is 2.04. The van der Waals surface area contributed by atoms with E-state index in [-0.39, 0.29) is 0 Å². The summed E-state index contributed by atoms with van der Waals surface area (Å²) in [6.07, 6.45) is 5.95. The minimum absolute atomic E-state index is 0.357. The molecule has 0 bridgehead atoms. The van der Waals surface area contributed by atoms with Gasteiger partial charge >= 0.3 is 0 Å². The molecule has 1 aliphatic heterocycles. The molecule has 0 unspecified atom stereocenters. The lowest BCUT2D eigenvalue weighted by Crippen LogP contribution is -2.31. The van der Waals surface area contributed by atoms with Crippen molar-refractivity contribution in [3.05, 3.63) is 46.2 Å². The number of hydrogen-bond acceptors (Lipinski definition) is 4. The maximum Gasteiger partial charge on any atom is 0.243 e. The van der Waals surface area contributed by atoms with Gasteiger partial charge < -0.3 is 0 Å². The fraction of sp³-hybridized carbons (Fsp3) is 0.389. The molecule has 3 rings (SSSR count). The van der Waals surface area contributed by atoms with E-state index < -0.39 is 10.0 Å². The van der Waals surface area contributed by atoms with Crippen molar-refractivity contribution in [1.29, 1.82) is 0 Å². The summed E-state index contributed by atoms with van der Waals surface area (Å²) >= 11 is 1.65. The van der Waals surface area contributed by atoms with Crippen LogP contribution in [0.3, 0.4) is 0 Å². The largest absolute Gasteiger partial charge is 0.255 e. The fourth-order valence-electron chi connectivity index (χ4n) is 2.79. The van der Waals surface area contributed by atoms with Gasteiger partial charge in [0.05, 0.1) is 10.6 Å². The molecule has 1 aliphatic rings. The number of sulfonamides is 1. The van der Waals surface area contributed by atoms with Crippen LogP contribution in [0, 0.1) is 6.92 Å². The van der Waals surface area contributed by atoms with E-state index in [1.54, 1.807) is 39.9 Å².